The van der Waals surface area contributed by atoms with Gasteiger partial charge in [-0.15, -0.1) is 11.3 Å². The Bertz CT molecular complexity index is 1500. The molecule has 10 nitrogen and oxygen atoms in total. The van der Waals surface area contributed by atoms with E-state index >= 15 is 0 Å². The van der Waals surface area contributed by atoms with Crippen LogP contribution in [-0.2, 0) is 28.7 Å². The number of halogens is 4. The van der Waals surface area contributed by atoms with Crippen LogP contribution in [-0.4, -0.2) is 114 Å². The first kappa shape index (κ1) is 34.8. The monoisotopic (exact) mass is 709 g/mol. The molecule has 262 valence electrons. The number of urea groups is 1. The van der Waals surface area contributed by atoms with Crippen molar-refractivity contribution in [1.82, 2.24) is 24.5 Å². The number of piperidine rings is 2. The van der Waals surface area contributed by atoms with Gasteiger partial charge >= 0.3 is 12.2 Å². The number of likely N-dealkylation sites (N-methyl/N-ethyl adjacent to an activating group) is 1. The molecule has 4 amide bonds. The summed E-state index contributed by atoms with van der Waals surface area (Å²) in [5.74, 6) is -1.31. The van der Waals surface area contributed by atoms with Crippen molar-refractivity contribution in [1.29, 1.82) is 0 Å². The van der Waals surface area contributed by atoms with Crippen LogP contribution >= 0.6 is 22.9 Å². The van der Waals surface area contributed by atoms with Gasteiger partial charge in [-0.25, -0.2) is 4.79 Å². The Morgan fingerprint density at radius 1 is 0.979 bits per heavy atom. The highest BCUT2D eigenvalue weighted by Gasteiger charge is 2.38. The van der Waals surface area contributed by atoms with Gasteiger partial charge in [-0.05, 0) is 62.2 Å². The Hall–Kier alpha value is -3.07. The number of nitrogens with two attached hydrogens (primary N) is 1. The van der Waals surface area contributed by atoms with Crippen molar-refractivity contribution in [2.45, 2.75) is 63.3 Å². The van der Waals surface area contributed by atoms with Gasteiger partial charge in [-0.2, -0.15) is 13.2 Å². The maximum Gasteiger partial charge on any atom is 0.418 e. The number of carbonyl (C=O) groups excluding carboxylic acids is 3. The van der Waals surface area contributed by atoms with Gasteiger partial charge in [0.1, 0.15) is 0 Å². The van der Waals surface area contributed by atoms with Gasteiger partial charge in [0.25, 0.3) is 0 Å². The summed E-state index contributed by atoms with van der Waals surface area (Å²) >= 11 is 7.68. The molecule has 3 saturated heterocycles. The van der Waals surface area contributed by atoms with Crippen LogP contribution in [0.25, 0.3) is 0 Å². The Morgan fingerprint density at radius 3 is 2.29 bits per heavy atom. The fourth-order valence-corrected chi connectivity index (χ4v) is 8.54. The molecule has 1 aromatic heterocycles. The van der Waals surface area contributed by atoms with Crippen molar-refractivity contribution in [3.8, 4) is 0 Å². The van der Waals surface area contributed by atoms with Crippen molar-refractivity contribution in [3.05, 3.63) is 44.6 Å². The summed E-state index contributed by atoms with van der Waals surface area (Å²) in [5.41, 5.74) is 6.20. The molecule has 0 bridgehead atoms. The van der Waals surface area contributed by atoms with Gasteiger partial charge in [-0.1, -0.05) is 11.6 Å². The van der Waals surface area contributed by atoms with Crippen molar-refractivity contribution in [3.63, 3.8) is 0 Å². The molecule has 4 aliphatic rings. The number of piperazine rings is 1. The zero-order valence-corrected chi connectivity index (χ0v) is 28.7. The quantitative estimate of drug-likeness (QED) is 0.400. The lowest BCUT2D eigenvalue weighted by atomic mass is 9.91. The number of amides is 4. The summed E-state index contributed by atoms with van der Waals surface area (Å²) in [4.78, 5) is 50.6. The van der Waals surface area contributed by atoms with Crippen molar-refractivity contribution in [2.24, 2.45) is 5.92 Å². The zero-order chi connectivity index (χ0) is 34.2. The largest absolute Gasteiger partial charge is 0.418 e. The summed E-state index contributed by atoms with van der Waals surface area (Å²) < 4.78 is 41.4. The highest BCUT2D eigenvalue weighted by atomic mass is 35.5. The second-order valence-corrected chi connectivity index (χ2v) is 14.7. The third kappa shape index (κ3) is 7.71. The minimum atomic E-state index is -4.72. The van der Waals surface area contributed by atoms with Crippen LogP contribution in [0.1, 0.15) is 48.8 Å². The Morgan fingerprint density at radius 2 is 1.62 bits per heavy atom. The molecule has 1 aromatic carbocycles. The molecule has 15 heteroatoms. The summed E-state index contributed by atoms with van der Waals surface area (Å²) in [7, 11) is 2.11. The Balaban J connectivity index is 1.13. The Labute approximate surface area is 287 Å². The molecule has 3 N–H and O–H groups in total. The van der Waals surface area contributed by atoms with E-state index in [4.69, 9.17) is 17.3 Å². The average molecular weight is 710 g/mol. The van der Waals surface area contributed by atoms with Crippen molar-refractivity contribution >= 4 is 52.2 Å². The number of anilines is 2. The molecule has 3 fully saturated rings. The van der Waals surface area contributed by atoms with E-state index in [0.717, 1.165) is 56.3 Å². The van der Waals surface area contributed by atoms with Gasteiger partial charge in [0.05, 0.1) is 34.4 Å². The second-order valence-electron chi connectivity index (χ2n) is 13.5. The summed E-state index contributed by atoms with van der Waals surface area (Å²) in [6.45, 7) is 6.42. The number of nitrogen functional groups attached to an aromatic ring is 1. The molecule has 2 aromatic rings. The molecule has 0 radical (unpaired) electrons. The predicted molar refractivity (Wildman–Crippen MR) is 180 cm³/mol. The summed E-state index contributed by atoms with van der Waals surface area (Å²) in [6.07, 6.45) is -2.10. The maximum atomic E-state index is 14.1. The minimum Gasteiger partial charge on any atom is -0.397 e. The number of nitrogens with one attached hydrogen (secondary N) is 1. The highest BCUT2D eigenvalue weighted by molar-refractivity contribution is 7.08. The lowest BCUT2D eigenvalue weighted by molar-refractivity contribution is -0.143. The third-order valence-corrected chi connectivity index (χ3v) is 11.5. The maximum absolute atomic E-state index is 14.1. The standard InChI is InChI=1S/C33H43ClF3N7O3S/c1-40-10-12-41(13-11-40)24-2-8-43(9-3-24)31(46)22(14-21-15-26(33(35,36)37)30(38)27(34)16-21)17-29(45)42-6-4-25(5-7-42)44-18-23-19-48-20-28(23)39-32(44)47/h15-16,19-20,22,24-25H,2-14,17-18,38H2,1H3,(H,39,47). The number of thiophene rings is 1. The van der Waals surface area contributed by atoms with E-state index in [9.17, 15) is 27.6 Å². The van der Waals surface area contributed by atoms with Gasteiger partial charge in [0.2, 0.25) is 11.8 Å². The molecular formula is C33H43ClF3N7O3S. The number of carbonyl (C=O) groups is 3. The fraction of sp³-hybridized carbons (Fsp3) is 0.606. The van der Waals surface area contributed by atoms with E-state index in [2.05, 4.69) is 22.2 Å². The molecule has 1 atom stereocenters. The minimum absolute atomic E-state index is 0.0289. The number of alkyl halides is 3. The van der Waals surface area contributed by atoms with E-state index in [1.165, 1.54) is 6.07 Å². The number of hydrogen-bond acceptors (Lipinski definition) is 7. The number of hydrogen-bond donors (Lipinski definition) is 2. The van der Waals surface area contributed by atoms with Crippen LogP contribution in [0.3, 0.4) is 0 Å². The normalized spacial score (nSPS) is 21.3. The number of nitrogens with zero attached hydrogens (tertiary/aromatic N) is 5. The van der Waals surface area contributed by atoms with E-state index < -0.39 is 23.3 Å². The molecule has 4 aliphatic heterocycles. The lowest BCUT2D eigenvalue weighted by Gasteiger charge is -2.42. The van der Waals surface area contributed by atoms with E-state index in [1.54, 1.807) is 21.1 Å². The first-order chi connectivity index (χ1) is 22.9. The van der Waals surface area contributed by atoms with Gasteiger partial charge < -0.3 is 30.7 Å². The van der Waals surface area contributed by atoms with Crippen LogP contribution in [0.15, 0.2) is 22.9 Å². The van der Waals surface area contributed by atoms with Crippen LogP contribution in [0.5, 0.6) is 0 Å². The van der Waals surface area contributed by atoms with E-state index in [-0.39, 0.29) is 47.3 Å². The Kier molecular flexibility index (Phi) is 10.4. The topological polar surface area (TPSA) is 105 Å². The molecule has 0 saturated carbocycles. The molecule has 1 unspecified atom stereocenters. The number of benzene rings is 1. The number of rotatable bonds is 7. The molecule has 48 heavy (non-hydrogen) atoms. The molecule has 6 rings (SSSR count). The first-order valence-corrected chi connectivity index (χ1v) is 18.0. The fourth-order valence-electron chi connectivity index (χ4n) is 7.51. The SMILES string of the molecule is CN1CCN(C2CCN(C(=O)C(CC(=O)N3CCC(N4Cc5cscc5NC4=O)CC3)Cc3cc(Cl)c(N)c(C(F)(F)F)c3)CC2)CC1. The molecule has 0 aliphatic carbocycles. The third-order valence-electron chi connectivity index (χ3n) is 10.4. The summed E-state index contributed by atoms with van der Waals surface area (Å²) in [6, 6.07) is 2.51. The second kappa shape index (κ2) is 14.4. The lowest BCUT2D eigenvalue weighted by Crippen LogP contribution is -2.54. The van der Waals surface area contributed by atoms with Crippen LogP contribution < -0.4 is 11.1 Å². The smallest absolute Gasteiger partial charge is 0.397 e. The predicted octanol–water partition coefficient (Wildman–Crippen LogP) is 4.83. The summed E-state index contributed by atoms with van der Waals surface area (Å²) in [5, 5.41) is 6.65. The van der Waals surface area contributed by atoms with E-state index in [1.807, 2.05) is 15.7 Å². The first-order valence-electron chi connectivity index (χ1n) is 16.6. The van der Waals surface area contributed by atoms with Gasteiger partial charge in [0, 0.05) is 81.8 Å². The van der Waals surface area contributed by atoms with Crippen molar-refractivity contribution < 1.29 is 27.6 Å². The van der Waals surface area contributed by atoms with E-state index in [0.29, 0.717) is 51.6 Å². The molecule has 5 heterocycles. The van der Waals surface area contributed by atoms with Crippen LogP contribution in [0.2, 0.25) is 5.02 Å². The molecule has 0 spiro atoms. The molecular weight excluding hydrogens is 667 g/mol. The zero-order valence-electron chi connectivity index (χ0n) is 27.1. The number of likely N-dealkylation sites (tertiary alicyclic amines) is 2. The van der Waals surface area contributed by atoms with Gasteiger partial charge in [-0.3, -0.25) is 14.5 Å². The highest BCUT2D eigenvalue weighted by Crippen LogP contribution is 2.39. The van der Waals surface area contributed by atoms with Crippen molar-refractivity contribution in [2.75, 3.05) is 70.5 Å². The van der Waals surface area contributed by atoms with Gasteiger partial charge in [0.15, 0.2) is 0 Å². The average Bonchev–Trinajstić information content (AvgIpc) is 3.52. The van der Waals surface area contributed by atoms with Crippen LogP contribution in [0.4, 0.5) is 29.3 Å². The van der Waals surface area contributed by atoms with Crippen LogP contribution in [0, 0.1) is 5.92 Å². The number of fused-ring (bicyclic) bond motifs is 1.